The van der Waals surface area contributed by atoms with Crippen molar-refractivity contribution in [3.63, 3.8) is 0 Å². The second kappa shape index (κ2) is 3.75. The van der Waals surface area contributed by atoms with E-state index in [4.69, 9.17) is 0 Å². The molecule has 2 aromatic heterocycles. The Kier molecular flexibility index (Phi) is 2.45. The number of H-pyrrole nitrogens is 1. The number of nitrogens with zero attached hydrogens (tertiary/aromatic N) is 2. The van der Waals surface area contributed by atoms with Crippen LogP contribution < -0.4 is 5.32 Å². The van der Waals surface area contributed by atoms with Gasteiger partial charge in [0.1, 0.15) is 5.82 Å². The molecule has 1 atom stereocenters. The maximum atomic E-state index is 4.42. The summed E-state index contributed by atoms with van der Waals surface area (Å²) in [7, 11) is 1.94. The Labute approximate surface area is 82.8 Å². The van der Waals surface area contributed by atoms with Crippen LogP contribution in [0.25, 0.3) is 11.2 Å². The van der Waals surface area contributed by atoms with E-state index < -0.39 is 0 Å². The van der Waals surface area contributed by atoms with Crippen molar-refractivity contribution >= 4 is 11.2 Å². The molecule has 0 aromatic carbocycles. The maximum absolute atomic E-state index is 4.42. The van der Waals surface area contributed by atoms with E-state index in [2.05, 4.69) is 27.2 Å². The smallest absolute Gasteiger partial charge is 0.177 e. The van der Waals surface area contributed by atoms with Crippen LogP contribution in [0.15, 0.2) is 18.3 Å². The van der Waals surface area contributed by atoms with E-state index in [1.165, 1.54) is 0 Å². The lowest BCUT2D eigenvalue weighted by molar-refractivity contribution is 0.650. The zero-order valence-corrected chi connectivity index (χ0v) is 8.41. The molecule has 0 amide bonds. The van der Waals surface area contributed by atoms with E-state index >= 15 is 0 Å². The largest absolute Gasteiger partial charge is 0.340 e. The maximum Gasteiger partial charge on any atom is 0.177 e. The number of rotatable bonds is 3. The minimum absolute atomic E-state index is 0.384. The van der Waals surface area contributed by atoms with Crippen molar-refractivity contribution in [1.82, 2.24) is 20.3 Å². The normalized spacial score (nSPS) is 13.3. The molecule has 1 unspecified atom stereocenters. The molecule has 2 N–H and O–H groups in total. The van der Waals surface area contributed by atoms with Gasteiger partial charge >= 0.3 is 0 Å². The number of likely N-dealkylation sites (N-methyl/N-ethyl adjacent to an activating group) is 1. The zero-order valence-electron chi connectivity index (χ0n) is 8.41. The third-order valence-electron chi connectivity index (χ3n) is 2.25. The first-order valence-electron chi connectivity index (χ1n) is 4.76. The molecule has 0 spiro atoms. The third kappa shape index (κ3) is 1.61. The monoisotopic (exact) mass is 190 g/mol. The lowest BCUT2D eigenvalue weighted by Crippen LogP contribution is -2.15. The van der Waals surface area contributed by atoms with Crippen LogP contribution in [0, 0.1) is 0 Å². The number of hydrogen-bond donors (Lipinski definition) is 2. The lowest BCUT2D eigenvalue weighted by atomic mass is 10.2. The first-order chi connectivity index (χ1) is 6.81. The van der Waals surface area contributed by atoms with Crippen molar-refractivity contribution in [2.24, 2.45) is 0 Å². The first-order valence-corrected chi connectivity index (χ1v) is 4.76. The first kappa shape index (κ1) is 9.15. The minimum Gasteiger partial charge on any atom is -0.340 e. The predicted molar refractivity (Wildman–Crippen MR) is 56.2 cm³/mol. The molecule has 0 aliphatic carbocycles. The van der Waals surface area contributed by atoms with Crippen LogP contribution in [0.3, 0.4) is 0 Å². The second-order valence-corrected chi connectivity index (χ2v) is 3.46. The molecule has 0 saturated heterocycles. The van der Waals surface area contributed by atoms with Crippen molar-refractivity contribution in [3.8, 4) is 0 Å². The molecule has 0 aliphatic heterocycles. The number of hydrogen-bond acceptors (Lipinski definition) is 3. The van der Waals surface area contributed by atoms with Gasteiger partial charge in [-0.05, 0) is 19.2 Å². The fourth-order valence-electron chi connectivity index (χ4n) is 1.50. The number of fused-ring (bicyclic) bond motifs is 1. The van der Waals surface area contributed by atoms with Crippen LogP contribution in [-0.2, 0) is 0 Å². The zero-order chi connectivity index (χ0) is 9.97. The Morgan fingerprint density at radius 3 is 3.14 bits per heavy atom. The van der Waals surface area contributed by atoms with Gasteiger partial charge in [0, 0.05) is 18.7 Å². The molecule has 0 bridgehead atoms. The molecule has 0 fully saturated rings. The Morgan fingerprint density at radius 1 is 1.57 bits per heavy atom. The molecule has 74 valence electrons. The summed E-state index contributed by atoms with van der Waals surface area (Å²) in [5.74, 6) is 1.38. The number of pyridine rings is 1. The van der Waals surface area contributed by atoms with Gasteiger partial charge in [0.05, 0.1) is 5.52 Å². The van der Waals surface area contributed by atoms with E-state index in [9.17, 15) is 0 Å². The second-order valence-electron chi connectivity index (χ2n) is 3.46. The number of aromatic nitrogens is 3. The van der Waals surface area contributed by atoms with E-state index in [1.54, 1.807) is 6.20 Å². The minimum atomic E-state index is 0.384. The highest BCUT2D eigenvalue weighted by atomic mass is 15.0. The summed E-state index contributed by atoms with van der Waals surface area (Å²) < 4.78 is 0. The van der Waals surface area contributed by atoms with Crippen LogP contribution in [0.5, 0.6) is 0 Å². The van der Waals surface area contributed by atoms with Crippen LogP contribution in [0.1, 0.15) is 18.7 Å². The van der Waals surface area contributed by atoms with Crippen LogP contribution in [0.2, 0.25) is 0 Å². The van der Waals surface area contributed by atoms with Crippen LogP contribution in [-0.4, -0.2) is 28.5 Å². The molecule has 14 heavy (non-hydrogen) atoms. The quantitative estimate of drug-likeness (QED) is 0.766. The van der Waals surface area contributed by atoms with Crippen molar-refractivity contribution in [3.05, 3.63) is 24.2 Å². The molecule has 2 aromatic rings. The summed E-state index contributed by atoms with van der Waals surface area (Å²) in [6.07, 6.45) is 1.76. The van der Waals surface area contributed by atoms with Crippen molar-refractivity contribution < 1.29 is 0 Å². The molecule has 0 aliphatic rings. The Hall–Kier alpha value is -1.42. The highest BCUT2D eigenvalue weighted by Gasteiger charge is 2.09. The number of aromatic amines is 1. The van der Waals surface area contributed by atoms with Crippen LogP contribution in [0.4, 0.5) is 0 Å². The van der Waals surface area contributed by atoms with E-state index in [0.717, 1.165) is 23.5 Å². The van der Waals surface area contributed by atoms with Gasteiger partial charge in [0.25, 0.3) is 0 Å². The fraction of sp³-hybridized carbons (Fsp3) is 0.400. The highest BCUT2D eigenvalue weighted by Crippen LogP contribution is 2.14. The molecule has 0 saturated carbocycles. The molecule has 2 heterocycles. The molecule has 4 heteroatoms. The summed E-state index contributed by atoms with van der Waals surface area (Å²) in [5, 5.41) is 3.13. The Bertz CT molecular complexity index is 388. The van der Waals surface area contributed by atoms with Gasteiger partial charge < -0.3 is 10.3 Å². The highest BCUT2D eigenvalue weighted by molar-refractivity contribution is 5.69. The van der Waals surface area contributed by atoms with Gasteiger partial charge in [0.15, 0.2) is 5.65 Å². The lowest BCUT2D eigenvalue weighted by Gasteiger charge is -2.05. The summed E-state index contributed by atoms with van der Waals surface area (Å²) in [4.78, 5) is 11.9. The average Bonchev–Trinajstić information content (AvgIpc) is 2.61. The molecule has 0 radical (unpaired) electrons. The van der Waals surface area contributed by atoms with E-state index in [1.807, 2.05) is 19.2 Å². The number of imidazole rings is 1. The SMILES string of the molecule is CNCC(C)c1nc2ncccc2[nH]1. The van der Waals surface area contributed by atoms with Crippen molar-refractivity contribution in [2.75, 3.05) is 13.6 Å². The van der Waals surface area contributed by atoms with Gasteiger partial charge in [-0.25, -0.2) is 9.97 Å². The Balaban J connectivity index is 2.35. The van der Waals surface area contributed by atoms with Gasteiger partial charge in [0.2, 0.25) is 0 Å². The average molecular weight is 190 g/mol. The van der Waals surface area contributed by atoms with Gasteiger partial charge in [-0.2, -0.15) is 0 Å². The summed E-state index contributed by atoms with van der Waals surface area (Å²) in [6.45, 7) is 3.05. The molecular weight excluding hydrogens is 176 g/mol. The fourth-order valence-corrected chi connectivity index (χ4v) is 1.50. The van der Waals surface area contributed by atoms with Gasteiger partial charge in [-0.3, -0.25) is 0 Å². The number of nitrogens with one attached hydrogen (secondary N) is 2. The third-order valence-corrected chi connectivity index (χ3v) is 2.25. The van der Waals surface area contributed by atoms with Crippen LogP contribution >= 0.6 is 0 Å². The van der Waals surface area contributed by atoms with Crippen molar-refractivity contribution in [1.29, 1.82) is 0 Å². The summed E-state index contributed by atoms with van der Waals surface area (Å²) in [5.41, 5.74) is 1.80. The summed E-state index contributed by atoms with van der Waals surface area (Å²) >= 11 is 0. The van der Waals surface area contributed by atoms with Gasteiger partial charge in [-0.1, -0.05) is 6.92 Å². The van der Waals surface area contributed by atoms with Crippen molar-refractivity contribution in [2.45, 2.75) is 12.8 Å². The van der Waals surface area contributed by atoms with Gasteiger partial charge in [-0.15, -0.1) is 0 Å². The molecule has 2 rings (SSSR count). The predicted octanol–water partition coefficient (Wildman–Crippen LogP) is 1.28. The molecule has 4 nitrogen and oxygen atoms in total. The standard InChI is InChI=1S/C10H14N4/c1-7(6-11-2)9-13-8-4-3-5-12-10(8)14-9/h3-5,7,11H,6H2,1-2H3,(H,12,13,14). The summed E-state index contributed by atoms with van der Waals surface area (Å²) in [6, 6.07) is 3.90. The van der Waals surface area contributed by atoms with E-state index in [-0.39, 0.29) is 0 Å². The topological polar surface area (TPSA) is 53.6 Å². The molecular formula is C10H14N4. The Morgan fingerprint density at radius 2 is 2.43 bits per heavy atom. The van der Waals surface area contributed by atoms with E-state index in [0.29, 0.717) is 5.92 Å².